The second kappa shape index (κ2) is 7.47. The number of ether oxygens (including phenoxy) is 1. The number of benzene rings is 2. The third kappa shape index (κ3) is 4.23. The van der Waals surface area contributed by atoms with E-state index in [4.69, 9.17) is 4.74 Å². The van der Waals surface area contributed by atoms with Crippen molar-refractivity contribution in [2.24, 2.45) is 0 Å². The maximum Gasteiger partial charge on any atom is 0.410 e. The van der Waals surface area contributed by atoms with E-state index in [1.807, 2.05) is 42.5 Å². The number of rotatable bonds is 3. The van der Waals surface area contributed by atoms with Gasteiger partial charge >= 0.3 is 6.09 Å². The van der Waals surface area contributed by atoms with Gasteiger partial charge in [-0.25, -0.2) is 4.79 Å². The van der Waals surface area contributed by atoms with Crippen LogP contribution in [-0.4, -0.2) is 24.1 Å². The first kappa shape index (κ1) is 15.8. The average Bonchev–Trinajstić information content (AvgIpc) is 2.61. The van der Waals surface area contributed by atoms with Gasteiger partial charge in [-0.15, -0.1) is 0 Å². The van der Waals surface area contributed by atoms with Crippen LogP contribution in [0.5, 0.6) is 0 Å². The molecule has 0 bridgehead atoms. The molecule has 1 amide bonds. The fraction of sp³-hybridized carbons (Fsp3) is 0.211. The predicted molar refractivity (Wildman–Crippen MR) is 94.9 cm³/mol. The molecule has 0 saturated heterocycles. The molecule has 0 spiro atoms. The van der Waals surface area contributed by atoms with Crippen molar-refractivity contribution < 1.29 is 9.53 Å². The Morgan fingerprint density at radius 1 is 1.13 bits per heavy atom. The molecule has 3 nitrogen and oxygen atoms in total. The van der Waals surface area contributed by atoms with Gasteiger partial charge in [-0.05, 0) is 35.3 Å². The molecule has 1 heterocycles. The molecule has 0 radical (unpaired) electrons. The monoisotopic (exact) mass is 371 g/mol. The number of amides is 1. The Kier molecular flexibility index (Phi) is 5.13. The van der Waals surface area contributed by atoms with E-state index in [0.717, 1.165) is 16.5 Å². The molecule has 3 rings (SSSR count). The van der Waals surface area contributed by atoms with Gasteiger partial charge in [0.15, 0.2) is 0 Å². The maximum atomic E-state index is 12.1. The van der Waals surface area contributed by atoms with Crippen LogP contribution >= 0.6 is 15.9 Å². The van der Waals surface area contributed by atoms with Gasteiger partial charge in [-0.2, -0.15) is 0 Å². The number of carbonyl (C=O) groups excluding carboxylic acids is 1. The molecule has 118 valence electrons. The van der Waals surface area contributed by atoms with Crippen LogP contribution < -0.4 is 0 Å². The SMILES string of the molecule is O=C(OCc1ccccc1)N1CC=C(c2cccc(Br)c2)CC1. The highest BCUT2D eigenvalue weighted by Crippen LogP contribution is 2.25. The number of nitrogens with zero attached hydrogens (tertiary/aromatic N) is 1. The molecule has 0 aromatic heterocycles. The van der Waals surface area contributed by atoms with Crippen LogP contribution in [0.4, 0.5) is 4.79 Å². The highest BCUT2D eigenvalue weighted by molar-refractivity contribution is 9.10. The number of hydrogen-bond donors (Lipinski definition) is 0. The second-order valence-electron chi connectivity index (χ2n) is 5.48. The first-order valence-electron chi connectivity index (χ1n) is 7.63. The first-order chi connectivity index (χ1) is 11.2. The summed E-state index contributed by atoms with van der Waals surface area (Å²) in [5.41, 5.74) is 3.48. The fourth-order valence-corrected chi connectivity index (χ4v) is 3.00. The van der Waals surface area contributed by atoms with Gasteiger partial charge in [0.25, 0.3) is 0 Å². The molecule has 0 saturated carbocycles. The Morgan fingerprint density at radius 2 is 1.96 bits per heavy atom. The third-order valence-corrected chi connectivity index (χ3v) is 4.36. The van der Waals surface area contributed by atoms with Crippen molar-refractivity contribution in [1.82, 2.24) is 4.90 Å². The summed E-state index contributed by atoms with van der Waals surface area (Å²) in [4.78, 5) is 13.9. The molecule has 0 N–H and O–H groups in total. The van der Waals surface area contributed by atoms with Crippen molar-refractivity contribution in [3.05, 3.63) is 76.3 Å². The van der Waals surface area contributed by atoms with E-state index in [1.54, 1.807) is 4.90 Å². The molecule has 2 aromatic carbocycles. The first-order valence-corrected chi connectivity index (χ1v) is 8.42. The Balaban J connectivity index is 1.56. The summed E-state index contributed by atoms with van der Waals surface area (Å²) < 4.78 is 6.45. The predicted octanol–water partition coefficient (Wildman–Crippen LogP) is 4.88. The minimum absolute atomic E-state index is 0.251. The summed E-state index contributed by atoms with van der Waals surface area (Å²) in [6, 6.07) is 18.0. The zero-order valence-electron chi connectivity index (χ0n) is 12.7. The van der Waals surface area contributed by atoms with Gasteiger partial charge in [0.2, 0.25) is 0 Å². The molecule has 4 heteroatoms. The lowest BCUT2D eigenvalue weighted by Gasteiger charge is -2.26. The zero-order valence-corrected chi connectivity index (χ0v) is 14.3. The van der Waals surface area contributed by atoms with Crippen molar-refractivity contribution in [3.63, 3.8) is 0 Å². The van der Waals surface area contributed by atoms with Gasteiger partial charge in [-0.1, -0.05) is 64.5 Å². The van der Waals surface area contributed by atoms with Crippen molar-refractivity contribution in [1.29, 1.82) is 0 Å². The summed E-state index contributed by atoms with van der Waals surface area (Å²) in [7, 11) is 0. The molecule has 0 aliphatic carbocycles. The van der Waals surface area contributed by atoms with Crippen molar-refractivity contribution in [2.75, 3.05) is 13.1 Å². The summed E-state index contributed by atoms with van der Waals surface area (Å²) in [6.07, 6.45) is 2.70. The summed E-state index contributed by atoms with van der Waals surface area (Å²) >= 11 is 3.49. The van der Waals surface area contributed by atoms with Gasteiger partial charge in [0, 0.05) is 17.6 Å². The summed E-state index contributed by atoms with van der Waals surface area (Å²) in [5.74, 6) is 0. The van der Waals surface area contributed by atoms with Gasteiger partial charge < -0.3 is 9.64 Å². The molecule has 1 aliphatic heterocycles. The Bertz CT molecular complexity index is 712. The van der Waals surface area contributed by atoms with Gasteiger partial charge in [-0.3, -0.25) is 0 Å². The summed E-state index contributed by atoms with van der Waals surface area (Å²) in [6.45, 7) is 1.60. The fourth-order valence-electron chi connectivity index (χ4n) is 2.60. The minimum Gasteiger partial charge on any atom is -0.445 e. The topological polar surface area (TPSA) is 29.5 Å². The van der Waals surface area contributed by atoms with Crippen LogP contribution in [0.2, 0.25) is 0 Å². The van der Waals surface area contributed by atoms with E-state index in [0.29, 0.717) is 19.7 Å². The van der Waals surface area contributed by atoms with E-state index in [-0.39, 0.29) is 6.09 Å². The Labute approximate surface area is 144 Å². The number of carbonyl (C=O) groups is 1. The van der Waals surface area contributed by atoms with E-state index < -0.39 is 0 Å². The molecular weight excluding hydrogens is 354 g/mol. The normalized spacial score (nSPS) is 14.3. The lowest BCUT2D eigenvalue weighted by molar-refractivity contribution is 0.0998. The highest BCUT2D eigenvalue weighted by Gasteiger charge is 2.19. The minimum atomic E-state index is -0.251. The van der Waals surface area contributed by atoms with Crippen LogP contribution in [0.3, 0.4) is 0 Å². The Hall–Kier alpha value is -2.07. The van der Waals surface area contributed by atoms with Crippen LogP contribution in [-0.2, 0) is 11.3 Å². The lowest BCUT2D eigenvalue weighted by Crippen LogP contribution is -2.35. The molecule has 1 aliphatic rings. The zero-order chi connectivity index (χ0) is 16.1. The number of hydrogen-bond acceptors (Lipinski definition) is 2. The third-order valence-electron chi connectivity index (χ3n) is 3.87. The van der Waals surface area contributed by atoms with Gasteiger partial charge in [0.1, 0.15) is 6.61 Å². The quantitative estimate of drug-likeness (QED) is 0.769. The standard InChI is InChI=1S/C19H18BrNO2/c20-18-8-4-7-17(13-18)16-9-11-21(12-10-16)19(22)23-14-15-5-2-1-3-6-15/h1-9,13H,10-12,14H2. The molecule has 0 unspecified atom stereocenters. The molecule has 0 atom stereocenters. The lowest BCUT2D eigenvalue weighted by atomic mass is 10.00. The van der Waals surface area contributed by atoms with E-state index in [1.165, 1.54) is 11.1 Å². The smallest absolute Gasteiger partial charge is 0.410 e. The van der Waals surface area contributed by atoms with E-state index >= 15 is 0 Å². The molecule has 2 aromatic rings. The summed E-state index contributed by atoms with van der Waals surface area (Å²) in [5, 5.41) is 0. The second-order valence-corrected chi connectivity index (χ2v) is 6.39. The van der Waals surface area contributed by atoms with Crippen LogP contribution in [0.25, 0.3) is 5.57 Å². The van der Waals surface area contributed by atoms with Crippen molar-refractivity contribution in [2.45, 2.75) is 13.0 Å². The molecule has 0 fully saturated rings. The van der Waals surface area contributed by atoms with Crippen LogP contribution in [0.15, 0.2) is 65.1 Å². The maximum absolute atomic E-state index is 12.1. The number of halogens is 1. The highest BCUT2D eigenvalue weighted by atomic mass is 79.9. The largest absolute Gasteiger partial charge is 0.445 e. The van der Waals surface area contributed by atoms with Gasteiger partial charge in [0.05, 0.1) is 0 Å². The molecule has 23 heavy (non-hydrogen) atoms. The average molecular weight is 372 g/mol. The molecular formula is C19H18BrNO2. The van der Waals surface area contributed by atoms with Crippen molar-refractivity contribution in [3.8, 4) is 0 Å². The van der Waals surface area contributed by atoms with Crippen LogP contribution in [0, 0.1) is 0 Å². The Morgan fingerprint density at radius 3 is 2.65 bits per heavy atom. The van der Waals surface area contributed by atoms with Crippen LogP contribution in [0.1, 0.15) is 17.5 Å². The van der Waals surface area contributed by atoms with E-state index in [2.05, 4.69) is 34.1 Å². The van der Waals surface area contributed by atoms with E-state index in [9.17, 15) is 4.79 Å². The van der Waals surface area contributed by atoms with Crippen molar-refractivity contribution >= 4 is 27.6 Å².